The van der Waals surface area contributed by atoms with Crippen LogP contribution < -0.4 is 11.2 Å². The van der Waals surface area contributed by atoms with Crippen LogP contribution in [-0.4, -0.2) is 21.3 Å². The van der Waals surface area contributed by atoms with Gasteiger partial charge in [-0.05, 0) is 19.8 Å². The number of aromatic nitrogens is 2. The summed E-state index contributed by atoms with van der Waals surface area (Å²) in [7, 11) is 0. The third-order valence-corrected chi connectivity index (χ3v) is 3.36. The van der Waals surface area contributed by atoms with Gasteiger partial charge in [-0.15, -0.1) is 0 Å². The second-order valence-electron chi connectivity index (χ2n) is 4.42. The fraction of sp³-hybridized carbons (Fsp3) is 0.636. The second kappa shape index (κ2) is 4.25. The summed E-state index contributed by atoms with van der Waals surface area (Å²) in [5.41, 5.74) is -0.177. The number of aliphatic hydroxyl groups is 1. The van der Waals surface area contributed by atoms with Crippen molar-refractivity contribution in [3.63, 3.8) is 0 Å². The first-order valence-corrected chi connectivity index (χ1v) is 5.56. The highest BCUT2D eigenvalue weighted by Crippen LogP contribution is 2.34. The molecule has 1 saturated carbocycles. The molecule has 1 heterocycles. The molecule has 0 aliphatic heterocycles. The molecule has 1 aromatic heterocycles. The summed E-state index contributed by atoms with van der Waals surface area (Å²) >= 11 is 0. The Morgan fingerprint density at radius 2 is 2.25 bits per heavy atom. The fourth-order valence-corrected chi connectivity index (χ4v) is 2.43. The van der Waals surface area contributed by atoms with Crippen LogP contribution in [0.3, 0.4) is 0 Å². The van der Waals surface area contributed by atoms with Crippen molar-refractivity contribution in [3.8, 4) is 0 Å². The van der Waals surface area contributed by atoms with E-state index in [2.05, 4.69) is 4.98 Å². The van der Waals surface area contributed by atoms with Gasteiger partial charge in [-0.3, -0.25) is 14.3 Å². The number of hydrogen-bond donors (Lipinski definition) is 2. The number of aliphatic hydroxyl groups excluding tert-OH is 1. The Kier molecular flexibility index (Phi) is 2.96. The highest BCUT2D eigenvalue weighted by Gasteiger charge is 2.28. The zero-order valence-corrected chi connectivity index (χ0v) is 9.27. The molecular formula is C11H16N2O3. The summed E-state index contributed by atoms with van der Waals surface area (Å²) in [5.74, 6) is 0.128. The minimum absolute atomic E-state index is 0.0213. The summed E-state index contributed by atoms with van der Waals surface area (Å²) in [6.07, 6.45) is 4.43. The van der Waals surface area contributed by atoms with Crippen molar-refractivity contribution in [2.45, 2.75) is 32.2 Å². The van der Waals surface area contributed by atoms with Crippen LogP contribution in [0.5, 0.6) is 0 Å². The smallest absolute Gasteiger partial charge is 0.328 e. The maximum Gasteiger partial charge on any atom is 0.328 e. The minimum Gasteiger partial charge on any atom is -0.396 e. The van der Waals surface area contributed by atoms with Crippen LogP contribution in [0.2, 0.25) is 0 Å². The Morgan fingerprint density at radius 3 is 2.94 bits per heavy atom. The van der Waals surface area contributed by atoms with Crippen molar-refractivity contribution in [2.24, 2.45) is 5.92 Å². The molecule has 0 bridgehead atoms. The third kappa shape index (κ3) is 1.82. The molecule has 0 radical (unpaired) electrons. The predicted octanol–water partition coefficient (Wildman–Crippen LogP) is 0.179. The number of nitrogens with zero attached hydrogens (tertiary/aromatic N) is 1. The molecule has 88 valence electrons. The second-order valence-corrected chi connectivity index (χ2v) is 4.42. The van der Waals surface area contributed by atoms with Crippen molar-refractivity contribution in [2.75, 3.05) is 6.61 Å². The third-order valence-electron chi connectivity index (χ3n) is 3.36. The Balaban J connectivity index is 2.44. The Bertz CT molecular complexity index is 489. The number of rotatable bonds is 2. The lowest BCUT2D eigenvalue weighted by atomic mass is 10.0. The number of hydrogen-bond acceptors (Lipinski definition) is 3. The zero-order valence-electron chi connectivity index (χ0n) is 9.27. The van der Waals surface area contributed by atoms with Crippen molar-refractivity contribution < 1.29 is 5.11 Å². The molecule has 5 nitrogen and oxygen atoms in total. The van der Waals surface area contributed by atoms with Gasteiger partial charge in [0.1, 0.15) is 0 Å². The standard InChI is InChI=1S/C11H16N2O3/c1-7-5-13(11(16)12-10(7)15)9-4-2-3-8(9)6-14/h5,8-9,14H,2-4,6H2,1H3,(H,12,15,16)/t8-,9-/m0/s1. The lowest BCUT2D eigenvalue weighted by molar-refractivity contribution is 0.193. The molecule has 0 amide bonds. The summed E-state index contributed by atoms with van der Waals surface area (Å²) in [6, 6.07) is 0.0213. The van der Waals surface area contributed by atoms with E-state index in [4.69, 9.17) is 0 Å². The highest BCUT2D eigenvalue weighted by molar-refractivity contribution is 5.02. The first-order chi connectivity index (χ1) is 7.63. The summed E-state index contributed by atoms with van der Waals surface area (Å²) in [5, 5.41) is 9.23. The molecule has 0 unspecified atom stereocenters. The summed E-state index contributed by atoms with van der Waals surface area (Å²) in [4.78, 5) is 25.2. The van der Waals surface area contributed by atoms with Crippen LogP contribution in [0, 0.1) is 12.8 Å². The van der Waals surface area contributed by atoms with Gasteiger partial charge in [0.05, 0.1) is 0 Å². The van der Waals surface area contributed by atoms with Gasteiger partial charge in [-0.25, -0.2) is 4.79 Å². The Morgan fingerprint density at radius 1 is 1.50 bits per heavy atom. The van der Waals surface area contributed by atoms with Crippen molar-refractivity contribution in [1.29, 1.82) is 0 Å². The van der Waals surface area contributed by atoms with E-state index >= 15 is 0 Å². The first kappa shape index (κ1) is 11.1. The van der Waals surface area contributed by atoms with E-state index in [1.54, 1.807) is 17.7 Å². The molecule has 2 rings (SSSR count). The van der Waals surface area contributed by atoms with Gasteiger partial charge in [0, 0.05) is 30.3 Å². The monoisotopic (exact) mass is 224 g/mol. The van der Waals surface area contributed by atoms with E-state index in [1.165, 1.54) is 0 Å². The van der Waals surface area contributed by atoms with E-state index in [-0.39, 0.29) is 29.8 Å². The highest BCUT2D eigenvalue weighted by atomic mass is 16.3. The van der Waals surface area contributed by atoms with E-state index < -0.39 is 0 Å². The van der Waals surface area contributed by atoms with Crippen molar-refractivity contribution in [1.82, 2.24) is 9.55 Å². The lowest BCUT2D eigenvalue weighted by Gasteiger charge is -2.19. The van der Waals surface area contributed by atoms with Gasteiger partial charge in [-0.2, -0.15) is 0 Å². The largest absolute Gasteiger partial charge is 0.396 e. The first-order valence-electron chi connectivity index (χ1n) is 5.56. The van der Waals surface area contributed by atoms with E-state index in [9.17, 15) is 14.7 Å². The molecule has 2 N–H and O–H groups in total. The topological polar surface area (TPSA) is 75.1 Å². The Labute approximate surface area is 92.7 Å². The minimum atomic E-state index is -0.374. The number of aromatic amines is 1. The van der Waals surface area contributed by atoms with Gasteiger partial charge in [0.15, 0.2) is 0 Å². The molecule has 1 aliphatic carbocycles. The van der Waals surface area contributed by atoms with E-state index in [0.29, 0.717) is 5.56 Å². The Hall–Kier alpha value is -1.36. The molecule has 5 heteroatoms. The maximum atomic E-state index is 11.7. The van der Waals surface area contributed by atoms with E-state index in [1.807, 2.05) is 0 Å². The van der Waals surface area contributed by atoms with Gasteiger partial charge in [0.25, 0.3) is 5.56 Å². The van der Waals surface area contributed by atoms with Crippen molar-refractivity contribution >= 4 is 0 Å². The SMILES string of the molecule is Cc1cn([C@H]2CCC[C@H]2CO)c(=O)[nH]c1=O. The van der Waals surface area contributed by atoms with Crippen molar-refractivity contribution in [3.05, 3.63) is 32.6 Å². The normalized spacial score (nSPS) is 24.9. The van der Waals surface area contributed by atoms with Gasteiger partial charge < -0.3 is 5.11 Å². The average molecular weight is 224 g/mol. The number of aryl methyl sites for hydroxylation is 1. The molecule has 2 atom stereocenters. The molecule has 0 saturated heterocycles. The molecule has 1 aromatic rings. The predicted molar refractivity (Wildman–Crippen MR) is 59.5 cm³/mol. The zero-order chi connectivity index (χ0) is 11.7. The van der Waals surface area contributed by atoms with E-state index in [0.717, 1.165) is 19.3 Å². The maximum absolute atomic E-state index is 11.7. The molecule has 1 fully saturated rings. The van der Waals surface area contributed by atoms with Gasteiger partial charge >= 0.3 is 5.69 Å². The average Bonchev–Trinajstić information content (AvgIpc) is 2.71. The van der Waals surface area contributed by atoms with Crippen LogP contribution in [0.25, 0.3) is 0 Å². The lowest BCUT2D eigenvalue weighted by Crippen LogP contribution is -2.35. The van der Waals surface area contributed by atoms with Crippen LogP contribution in [-0.2, 0) is 0 Å². The quantitative estimate of drug-likeness (QED) is 0.752. The fourth-order valence-electron chi connectivity index (χ4n) is 2.43. The van der Waals surface area contributed by atoms with Crippen LogP contribution in [0.4, 0.5) is 0 Å². The molecule has 1 aliphatic rings. The number of nitrogens with one attached hydrogen (secondary N) is 1. The van der Waals surface area contributed by atoms with Gasteiger partial charge in [0.2, 0.25) is 0 Å². The van der Waals surface area contributed by atoms with Crippen LogP contribution in [0.1, 0.15) is 30.9 Å². The van der Waals surface area contributed by atoms with Gasteiger partial charge in [-0.1, -0.05) is 6.42 Å². The molecule has 0 aromatic carbocycles. The molecule has 0 spiro atoms. The summed E-state index contributed by atoms with van der Waals surface area (Å²) in [6.45, 7) is 1.77. The molecule has 16 heavy (non-hydrogen) atoms. The van der Waals surface area contributed by atoms with Crippen LogP contribution >= 0.6 is 0 Å². The molecular weight excluding hydrogens is 208 g/mol. The summed E-state index contributed by atoms with van der Waals surface area (Å²) < 4.78 is 1.56. The van der Waals surface area contributed by atoms with Crippen LogP contribution in [0.15, 0.2) is 15.8 Å². The number of H-pyrrole nitrogens is 1.